The predicted octanol–water partition coefficient (Wildman–Crippen LogP) is 4.27. The number of ether oxygens (including phenoxy) is 2. The van der Waals surface area contributed by atoms with Crippen LogP contribution in [0.5, 0.6) is 11.5 Å². The Bertz CT molecular complexity index is 1220. The summed E-state index contributed by atoms with van der Waals surface area (Å²) in [7, 11) is 0. The van der Waals surface area contributed by atoms with E-state index in [1.807, 2.05) is 12.1 Å². The van der Waals surface area contributed by atoms with E-state index in [9.17, 15) is 18.0 Å². The molecule has 0 spiro atoms. The van der Waals surface area contributed by atoms with Crippen molar-refractivity contribution in [2.75, 3.05) is 33.0 Å². The number of nitrogens with zero attached hydrogens (tertiary/aromatic N) is 2. The van der Waals surface area contributed by atoms with E-state index < -0.39 is 17.6 Å². The third-order valence-corrected chi connectivity index (χ3v) is 6.28. The Hall–Kier alpha value is -3.50. The van der Waals surface area contributed by atoms with E-state index in [2.05, 4.69) is 21.2 Å². The van der Waals surface area contributed by atoms with Gasteiger partial charge in [-0.05, 0) is 47.5 Å². The number of hydrogen-bond acceptors (Lipinski definition) is 6. The zero-order chi connectivity index (χ0) is 25.1. The van der Waals surface area contributed by atoms with Gasteiger partial charge in [-0.1, -0.05) is 18.2 Å². The minimum Gasteiger partial charge on any atom is -0.455 e. The molecule has 5 rings (SSSR count). The number of piperazine rings is 1. The minimum absolute atomic E-state index is 0.0237. The zero-order valence-corrected chi connectivity index (χ0v) is 19.5. The normalized spacial score (nSPS) is 16.3. The van der Waals surface area contributed by atoms with Gasteiger partial charge in [0.2, 0.25) is 6.79 Å². The Balaban J connectivity index is 1.08. The molecule has 1 amide bonds. The number of carbonyl (C=O) groups is 1. The lowest BCUT2D eigenvalue weighted by Gasteiger charge is -2.34. The topological polar surface area (TPSA) is 67.2 Å². The fraction of sp³-hybridized carbons (Fsp3) is 0.346. The molecule has 0 atom stereocenters. The second-order valence-electron chi connectivity index (χ2n) is 8.89. The monoisotopic (exact) mass is 501 g/mol. The molecule has 0 aliphatic carbocycles. The Morgan fingerprint density at radius 3 is 2.39 bits per heavy atom. The van der Waals surface area contributed by atoms with E-state index in [1.165, 1.54) is 17.7 Å². The standard InChI is InChI=1S/C26H26F3N3O4/c27-26(28,29)20-3-1-2-18(12-20)14-30-25(33)23-7-5-21(36-23)16-32-10-8-31(9-11-32)15-19-4-6-22-24(13-19)35-17-34-22/h1-7,12-13H,8-11,14-17H2,(H,30,33). The third-order valence-electron chi connectivity index (χ3n) is 6.28. The second-order valence-corrected chi connectivity index (χ2v) is 8.89. The van der Waals surface area contributed by atoms with Gasteiger partial charge < -0.3 is 19.2 Å². The third kappa shape index (κ3) is 5.83. The Kier molecular flexibility index (Phi) is 6.88. The fourth-order valence-corrected chi connectivity index (χ4v) is 4.34. The average Bonchev–Trinajstić information content (AvgIpc) is 3.53. The number of halogens is 3. The Labute approximate surface area is 206 Å². The molecule has 10 heteroatoms. The maximum atomic E-state index is 12.9. The van der Waals surface area contributed by atoms with Gasteiger partial charge in [0.1, 0.15) is 5.76 Å². The van der Waals surface area contributed by atoms with Gasteiger partial charge in [-0.15, -0.1) is 0 Å². The highest BCUT2D eigenvalue weighted by Gasteiger charge is 2.30. The number of alkyl halides is 3. The smallest absolute Gasteiger partial charge is 0.416 e. The van der Waals surface area contributed by atoms with Crippen LogP contribution < -0.4 is 14.8 Å². The number of amides is 1. The molecule has 3 aromatic rings. The van der Waals surface area contributed by atoms with Crippen LogP contribution in [0.15, 0.2) is 59.0 Å². The van der Waals surface area contributed by atoms with Gasteiger partial charge in [-0.2, -0.15) is 13.2 Å². The second kappa shape index (κ2) is 10.2. The van der Waals surface area contributed by atoms with Crippen molar-refractivity contribution < 1.29 is 31.9 Å². The summed E-state index contributed by atoms with van der Waals surface area (Å²) in [6, 6.07) is 14.3. The highest BCUT2D eigenvalue weighted by Crippen LogP contribution is 2.33. The van der Waals surface area contributed by atoms with Crippen LogP contribution in [0.25, 0.3) is 0 Å². The summed E-state index contributed by atoms with van der Waals surface area (Å²) in [5, 5.41) is 2.62. The molecule has 190 valence electrons. The van der Waals surface area contributed by atoms with E-state index in [0.717, 1.165) is 56.4 Å². The fourth-order valence-electron chi connectivity index (χ4n) is 4.34. The summed E-state index contributed by atoms with van der Waals surface area (Å²) in [5.41, 5.74) is 0.800. The van der Waals surface area contributed by atoms with Crippen LogP contribution >= 0.6 is 0 Å². The summed E-state index contributed by atoms with van der Waals surface area (Å²) < 4.78 is 55.1. The lowest BCUT2D eigenvalue weighted by Crippen LogP contribution is -2.45. The van der Waals surface area contributed by atoms with Crippen molar-refractivity contribution in [3.63, 3.8) is 0 Å². The van der Waals surface area contributed by atoms with Crippen molar-refractivity contribution in [1.29, 1.82) is 0 Å². The summed E-state index contributed by atoms with van der Waals surface area (Å²) in [6.07, 6.45) is -4.42. The summed E-state index contributed by atoms with van der Waals surface area (Å²) >= 11 is 0. The molecule has 1 saturated heterocycles. The van der Waals surface area contributed by atoms with Gasteiger partial charge in [0, 0.05) is 39.3 Å². The molecule has 7 nitrogen and oxygen atoms in total. The first-order valence-corrected chi connectivity index (χ1v) is 11.7. The van der Waals surface area contributed by atoms with Crippen LogP contribution in [0.3, 0.4) is 0 Å². The maximum Gasteiger partial charge on any atom is 0.416 e. The number of benzene rings is 2. The molecule has 3 heterocycles. The number of carbonyl (C=O) groups excluding carboxylic acids is 1. The molecule has 0 bridgehead atoms. The maximum absolute atomic E-state index is 12.9. The molecular formula is C26H26F3N3O4. The minimum atomic E-state index is -4.42. The van der Waals surface area contributed by atoms with Crippen molar-refractivity contribution in [1.82, 2.24) is 15.1 Å². The van der Waals surface area contributed by atoms with Gasteiger partial charge in [-0.3, -0.25) is 14.6 Å². The predicted molar refractivity (Wildman–Crippen MR) is 124 cm³/mol. The molecule has 1 N–H and O–H groups in total. The van der Waals surface area contributed by atoms with E-state index in [4.69, 9.17) is 13.9 Å². The highest BCUT2D eigenvalue weighted by atomic mass is 19.4. The van der Waals surface area contributed by atoms with Crippen LogP contribution in [-0.4, -0.2) is 48.7 Å². The molecule has 1 fully saturated rings. The number of nitrogens with one attached hydrogen (secondary N) is 1. The van der Waals surface area contributed by atoms with Gasteiger partial charge in [-0.25, -0.2) is 0 Å². The SMILES string of the molecule is O=C(NCc1cccc(C(F)(F)F)c1)c1ccc(CN2CCN(Cc3ccc4c(c3)OCO4)CC2)o1. The van der Waals surface area contributed by atoms with Gasteiger partial charge >= 0.3 is 6.18 Å². The first-order valence-electron chi connectivity index (χ1n) is 11.7. The number of furan rings is 1. The largest absolute Gasteiger partial charge is 0.455 e. The van der Waals surface area contributed by atoms with Gasteiger partial charge in [0.05, 0.1) is 12.1 Å². The van der Waals surface area contributed by atoms with Crippen LogP contribution in [0.2, 0.25) is 0 Å². The molecular weight excluding hydrogens is 475 g/mol. The number of fused-ring (bicyclic) bond motifs is 1. The number of hydrogen-bond donors (Lipinski definition) is 1. The zero-order valence-electron chi connectivity index (χ0n) is 19.5. The lowest BCUT2D eigenvalue weighted by molar-refractivity contribution is -0.137. The Morgan fingerprint density at radius 2 is 1.61 bits per heavy atom. The van der Waals surface area contributed by atoms with Crippen LogP contribution in [0.4, 0.5) is 13.2 Å². The van der Waals surface area contributed by atoms with Crippen LogP contribution in [0.1, 0.15) is 33.0 Å². The molecule has 1 aromatic heterocycles. The van der Waals surface area contributed by atoms with Crippen molar-refractivity contribution in [2.45, 2.75) is 25.8 Å². The van der Waals surface area contributed by atoms with E-state index in [-0.39, 0.29) is 19.1 Å². The van der Waals surface area contributed by atoms with Crippen molar-refractivity contribution in [2.24, 2.45) is 0 Å². The van der Waals surface area contributed by atoms with Crippen molar-refractivity contribution >= 4 is 5.91 Å². The Morgan fingerprint density at radius 1 is 0.861 bits per heavy atom. The van der Waals surface area contributed by atoms with Gasteiger partial charge in [0.25, 0.3) is 5.91 Å². The summed E-state index contributed by atoms with van der Waals surface area (Å²) in [5.74, 6) is 1.92. The van der Waals surface area contributed by atoms with E-state index >= 15 is 0 Å². The van der Waals surface area contributed by atoms with E-state index in [1.54, 1.807) is 12.1 Å². The van der Waals surface area contributed by atoms with Crippen molar-refractivity contribution in [3.8, 4) is 11.5 Å². The highest BCUT2D eigenvalue weighted by molar-refractivity contribution is 5.91. The molecule has 0 saturated carbocycles. The molecule has 0 radical (unpaired) electrons. The number of rotatable bonds is 7. The van der Waals surface area contributed by atoms with Crippen LogP contribution in [0, 0.1) is 0 Å². The molecule has 36 heavy (non-hydrogen) atoms. The molecule has 2 aliphatic rings. The summed E-state index contributed by atoms with van der Waals surface area (Å²) in [6.45, 7) is 5.19. The average molecular weight is 502 g/mol. The molecule has 2 aromatic carbocycles. The molecule has 2 aliphatic heterocycles. The van der Waals surface area contributed by atoms with Crippen molar-refractivity contribution in [3.05, 3.63) is 82.8 Å². The quantitative estimate of drug-likeness (QED) is 0.522. The first kappa shape index (κ1) is 24.2. The van der Waals surface area contributed by atoms with Crippen LogP contribution in [-0.2, 0) is 25.8 Å². The lowest BCUT2D eigenvalue weighted by atomic mass is 10.1. The molecule has 0 unspecified atom stereocenters. The van der Waals surface area contributed by atoms with E-state index in [0.29, 0.717) is 17.9 Å². The summed E-state index contributed by atoms with van der Waals surface area (Å²) in [4.78, 5) is 17.1. The first-order chi connectivity index (χ1) is 17.3. The van der Waals surface area contributed by atoms with Gasteiger partial charge in [0.15, 0.2) is 17.3 Å².